The number of anilines is 2. The van der Waals surface area contributed by atoms with Crippen LogP contribution in [-0.4, -0.2) is 24.6 Å². The van der Waals surface area contributed by atoms with Crippen LogP contribution in [-0.2, 0) is 6.42 Å². The average molecular weight is 333 g/mol. The minimum absolute atomic E-state index is 0.374. The molecular weight excluding hydrogens is 306 g/mol. The maximum absolute atomic E-state index is 4.81. The van der Waals surface area contributed by atoms with Crippen molar-refractivity contribution in [1.82, 2.24) is 4.98 Å². The van der Waals surface area contributed by atoms with Gasteiger partial charge in [0.1, 0.15) is 0 Å². The van der Waals surface area contributed by atoms with Gasteiger partial charge in [0.05, 0.1) is 5.52 Å². The number of hydrogen-bond acceptors (Lipinski definition) is 3. The Morgan fingerprint density at radius 1 is 1.04 bits per heavy atom. The number of hydrogen-bond donors (Lipinski definition) is 1. The van der Waals surface area contributed by atoms with Gasteiger partial charge in [0.25, 0.3) is 0 Å². The van der Waals surface area contributed by atoms with Gasteiger partial charge < -0.3 is 10.2 Å². The fourth-order valence-corrected chi connectivity index (χ4v) is 3.23. The molecule has 0 aliphatic carbocycles. The molecule has 25 heavy (non-hydrogen) atoms. The summed E-state index contributed by atoms with van der Waals surface area (Å²) >= 11 is 0. The largest absolute Gasteiger partial charge is 0.382 e. The van der Waals surface area contributed by atoms with Crippen molar-refractivity contribution in [3.63, 3.8) is 0 Å². The molecule has 0 amide bonds. The van der Waals surface area contributed by atoms with Crippen LogP contribution in [0.1, 0.15) is 25.1 Å². The highest BCUT2D eigenvalue weighted by molar-refractivity contribution is 5.93. The molecule has 0 fully saturated rings. The second kappa shape index (κ2) is 7.56. The van der Waals surface area contributed by atoms with Crippen LogP contribution in [0, 0.1) is 6.92 Å². The molecule has 1 heterocycles. The summed E-state index contributed by atoms with van der Waals surface area (Å²) in [4.78, 5) is 7.13. The number of aromatic nitrogens is 1. The Labute approximate surface area is 150 Å². The fourth-order valence-electron chi connectivity index (χ4n) is 3.23. The van der Waals surface area contributed by atoms with E-state index in [-0.39, 0.29) is 0 Å². The van der Waals surface area contributed by atoms with Gasteiger partial charge in [0.2, 0.25) is 0 Å². The van der Waals surface area contributed by atoms with Gasteiger partial charge in [-0.3, -0.25) is 4.98 Å². The number of para-hydroxylation sites is 2. The highest BCUT2D eigenvalue weighted by Gasteiger charge is 2.14. The number of aryl methyl sites for hydroxylation is 1. The topological polar surface area (TPSA) is 28.2 Å². The number of likely N-dealkylation sites (N-methyl/N-ethyl adjacent to an activating group) is 1. The SMILES string of the molecule is CCc1nc2ccccc2c(NCC(C)N(C)c2ccccc2)c1C. The zero-order chi connectivity index (χ0) is 17.8. The number of benzene rings is 2. The minimum Gasteiger partial charge on any atom is -0.382 e. The normalized spacial score (nSPS) is 12.2. The molecule has 0 saturated heterocycles. The quantitative estimate of drug-likeness (QED) is 0.685. The second-order valence-electron chi connectivity index (χ2n) is 6.61. The third kappa shape index (κ3) is 3.60. The maximum atomic E-state index is 4.81. The van der Waals surface area contributed by atoms with Crippen molar-refractivity contribution in [2.45, 2.75) is 33.2 Å². The van der Waals surface area contributed by atoms with E-state index >= 15 is 0 Å². The Hall–Kier alpha value is -2.55. The average Bonchev–Trinajstić information content (AvgIpc) is 2.66. The van der Waals surface area contributed by atoms with Crippen molar-refractivity contribution in [2.24, 2.45) is 0 Å². The summed E-state index contributed by atoms with van der Waals surface area (Å²) in [6, 6.07) is 19.3. The summed E-state index contributed by atoms with van der Waals surface area (Å²) in [5, 5.41) is 4.90. The van der Waals surface area contributed by atoms with Crippen LogP contribution in [0.4, 0.5) is 11.4 Å². The Morgan fingerprint density at radius 2 is 1.72 bits per heavy atom. The third-order valence-electron chi connectivity index (χ3n) is 4.97. The highest BCUT2D eigenvalue weighted by Crippen LogP contribution is 2.28. The predicted molar refractivity (Wildman–Crippen MR) is 109 cm³/mol. The van der Waals surface area contributed by atoms with Crippen molar-refractivity contribution < 1.29 is 0 Å². The van der Waals surface area contributed by atoms with Crippen LogP contribution in [0.15, 0.2) is 54.6 Å². The monoisotopic (exact) mass is 333 g/mol. The third-order valence-corrected chi connectivity index (χ3v) is 4.97. The number of nitrogens with one attached hydrogen (secondary N) is 1. The molecule has 3 nitrogen and oxygen atoms in total. The Bertz CT molecular complexity index is 843. The van der Waals surface area contributed by atoms with E-state index in [0.29, 0.717) is 6.04 Å². The first kappa shape index (κ1) is 17.3. The molecule has 0 spiro atoms. The van der Waals surface area contributed by atoms with Gasteiger partial charge in [-0.25, -0.2) is 0 Å². The molecule has 130 valence electrons. The molecule has 3 aromatic rings. The zero-order valence-electron chi connectivity index (χ0n) is 15.6. The summed E-state index contributed by atoms with van der Waals surface area (Å²) < 4.78 is 0. The number of nitrogens with zero attached hydrogens (tertiary/aromatic N) is 2. The van der Waals surface area contributed by atoms with Crippen LogP contribution in [0.5, 0.6) is 0 Å². The maximum Gasteiger partial charge on any atom is 0.0726 e. The molecule has 1 aromatic heterocycles. The lowest BCUT2D eigenvalue weighted by Crippen LogP contribution is -2.35. The Balaban J connectivity index is 1.84. The second-order valence-corrected chi connectivity index (χ2v) is 6.61. The van der Waals surface area contributed by atoms with E-state index in [1.807, 2.05) is 0 Å². The van der Waals surface area contributed by atoms with E-state index in [0.717, 1.165) is 18.5 Å². The van der Waals surface area contributed by atoms with E-state index in [1.54, 1.807) is 0 Å². The summed E-state index contributed by atoms with van der Waals surface area (Å²) in [6.07, 6.45) is 0.949. The molecule has 3 rings (SSSR count). The van der Waals surface area contributed by atoms with Gasteiger partial charge in [0, 0.05) is 42.1 Å². The smallest absolute Gasteiger partial charge is 0.0726 e. The minimum atomic E-state index is 0.374. The first-order valence-electron chi connectivity index (χ1n) is 9.01. The van der Waals surface area contributed by atoms with Crippen molar-refractivity contribution in [3.05, 3.63) is 65.9 Å². The molecule has 3 heteroatoms. The van der Waals surface area contributed by atoms with Crippen molar-refractivity contribution in [3.8, 4) is 0 Å². The van der Waals surface area contributed by atoms with Gasteiger partial charge in [-0.1, -0.05) is 43.3 Å². The van der Waals surface area contributed by atoms with E-state index in [2.05, 4.69) is 92.6 Å². The summed E-state index contributed by atoms with van der Waals surface area (Å²) in [6.45, 7) is 7.47. The van der Waals surface area contributed by atoms with Crippen molar-refractivity contribution >= 4 is 22.3 Å². The lowest BCUT2D eigenvalue weighted by atomic mass is 10.0. The Morgan fingerprint density at radius 3 is 2.44 bits per heavy atom. The van der Waals surface area contributed by atoms with E-state index < -0.39 is 0 Å². The number of rotatable bonds is 6. The number of fused-ring (bicyclic) bond motifs is 1. The highest BCUT2D eigenvalue weighted by atomic mass is 15.1. The van der Waals surface area contributed by atoms with Crippen LogP contribution in [0.25, 0.3) is 10.9 Å². The zero-order valence-corrected chi connectivity index (χ0v) is 15.6. The van der Waals surface area contributed by atoms with Gasteiger partial charge in [-0.05, 0) is 44.0 Å². The summed E-state index contributed by atoms with van der Waals surface area (Å²) in [7, 11) is 2.15. The van der Waals surface area contributed by atoms with E-state index in [1.165, 1.54) is 28.0 Å². The first-order valence-corrected chi connectivity index (χ1v) is 9.01. The van der Waals surface area contributed by atoms with Crippen LogP contribution >= 0.6 is 0 Å². The van der Waals surface area contributed by atoms with Crippen molar-refractivity contribution in [2.75, 3.05) is 23.8 Å². The molecular formula is C22H27N3. The summed E-state index contributed by atoms with van der Waals surface area (Å²) in [5.41, 5.74) is 5.95. The molecule has 0 aliphatic rings. The molecule has 0 radical (unpaired) electrons. The van der Waals surface area contributed by atoms with Crippen LogP contribution in [0.3, 0.4) is 0 Å². The van der Waals surface area contributed by atoms with Gasteiger partial charge >= 0.3 is 0 Å². The Kier molecular flexibility index (Phi) is 5.22. The summed E-state index contributed by atoms with van der Waals surface area (Å²) in [5.74, 6) is 0. The predicted octanol–water partition coefficient (Wildman–Crippen LogP) is 5.04. The first-order chi connectivity index (χ1) is 12.1. The van der Waals surface area contributed by atoms with E-state index in [9.17, 15) is 0 Å². The molecule has 1 atom stereocenters. The lowest BCUT2D eigenvalue weighted by molar-refractivity contribution is 0.716. The van der Waals surface area contributed by atoms with Crippen molar-refractivity contribution in [1.29, 1.82) is 0 Å². The molecule has 1 N–H and O–H groups in total. The standard InChI is InChI=1S/C22H27N3/c1-5-20-17(3)22(19-13-9-10-14-21(19)24-20)23-15-16(2)25(4)18-11-7-6-8-12-18/h6-14,16H,5,15H2,1-4H3,(H,23,24). The van der Waals surface area contributed by atoms with Gasteiger partial charge in [-0.15, -0.1) is 0 Å². The number of pyridine rings is 1. The molecule has 0 bridgehead atoms. The van der Waals surface area contributed by atoms with Gasteiger partial charge in [-0.2, -0.15) is 0 Å². The molecule has 1 unspecified atom stereocenters. The molecule has 0 aliphatic heterocycles. The van der Waals surface area contributed by atoms with Crippen LogP contribution in [0.2, 0.25) is 0 Å². The lowest BCUT2D eigenvalue weighted by Gasteiger charge is -2.28. The van der Waals surface area contributed by atoms with Gasteiger partial charge in [0.15, 0.2) is 0 Å². The fraction of sp³-hybridized carbons (Fsp3) is 0.318. The molecule has 0 saturated carbocycles. The molecule has 2 aromatic carbocycles. The van der Waals surface area contributed by atoms with Crippen LogP contribution < -0.4 is 10.2 Å². The van der Waals surface area contributed by atoms with E-state index in [4.69, 9.17) is 4.98 Å².